The van der Waals surface area contributed by atoms with Gasteiger partial charge in [-0.05, 0) is 35.9 Å². The van der Waals surface area contributed by atoms with Crippen molar-refractivity contribution in [2.75, 3.05) is 5.32 Å². The molecule has 142 valence electrons. The summed E-state index contributed by atoms with van der Waals surface area (Å²) in [6.07, 6.45) is 3.28. The largest absolute Gasteiger partial charge is 0.489 e. The van der Waals surface area contributed by atoms with Crippen LogP contribution in [0.4, 0.5) is 5.69 Å². The number of nitrogens with zero attached hydrogens (tertiary/aromatic N) is 1. The minimum atomic E-state index is -0.534. The monoisotopic (exact) mass is 376 g/mol. The predicted octanol–water partition coefficient (Wildman–Crippen LogP) is 2.85. The number of aromatic nitrogens is 1. The lowest BCUT2D eigenvalue weighted by molar-refractivity contribution is -0.705. The molecule has 6 heteroatoms. The number of carbonyl (C=O) groups excluding carboxylic acids is 2. The number of hydrogen-bond donors (Lipinski definition) is 2. The molecule has 0 aliphatic carbocycles. The zero-order valence-corrected chi connectivity index (χ0v) is 15.5. The summed E-state index contributed by atoms with van der Waals surface area (Å²) in [5.41, 5.74) is 7.39. The minimum absolute atomic E-state index is 0.204. The molecule has 0 saturated heterocycles. The Bertz CT molecular complexity index is 956. The van der Waals surface area contributed by atoms with Gasteiger partial charge in [0.15, 0.2) is 12.4 Å². The molecule has 3 N–H and O–H groups in total. The highest BCUT2D eigenvalue weighted by Crippen LogP contribution is 2.17. The first-order chi connectivity index (χ1) is 13.5. The molecular formula is C22H22N3O3+. The molecule has 3 aromatic rings. The van der Waals surface area contributed by atoms with Crippen LogP contribution in [0, 0.1) is 0 Å². The molecule has 2 aromatic carbocycles. The van der Waals surface area contributed by atoms with Crippen LogP contribution in [-0.2, 0) is 11.4 Å². The van der Waals surface area contributed by atoms with Crippen LogP contribution in [0.3, 0.4) is 0 Å². The molecule has 0 aliphatic heterocycles. The van der Waals surface area contributed by atoms with Gasteiger partial charge in [0.2, 0.25) is 6.04 Å². The van der Waals surface area contributed by atoms with E-state index in [1.54, 1.807) is 48.1 Å². The van der Waals surface area contributed by atoms with E-state index in [9.17, 15) is 9.59 Å². The average molecular weight is 376 g/mol. The highest BCUT2D eigenvalue weighted by atomic mass is 16.5. The third-order valence-electron chi connectivity index (χ3n) is 4.30. The van der Waals surface area contributed by atoms with Crippen LogP contribution in [0.2, 0.25) is 0 Å². The molecule has 2 amide bonds. The fourth-order valence-electron chi connectivity index (χ4n) is 2.64. The van der Waals surface area contributed by atoms with E-state index in [4.69, 9.17) is 10.5 Å². The zero-order chi connectivity index (χ0) is 19.9. The lowest BCUT2D eigenvalue weighted by atomic mass is 10.2. The fraction of sp³-hybridized carbons (Fsp3) is 0.136. The first-order valence-electron chi connectivity index (χ1n) is 8.91. The van der Waals surface area contributed by atoms with Gasteiger partial charge in [-0.15, -0.1) is 0 Å². The third-order valence-corrected chi connectivity index (χ3v) is 4.30. The third kappa shape index (κ3) is 4.94. The van der Waals surface area contributed by atoms with Gasteiger partial charge >= 0.3 is 0 Å². The minimum Gasteiger partial charge on any atom is -0.489 e. The number of benzene rings is 2. The van der Waals surface area contributed by atoms with E-state index >= 15 is 0 Å². The summed E-state index contributed by atoms with van der Waals surface area (Å²) in [6, 6.07) is 19.9. The summed E-state index contributed by atoms with van der Waals surface area (Å²) in [6.45, 7) is 2.23. The highest BCUT2D eigenvalue weighted by molar-refractivity contribution is 5.93. The number of ether oxygens (including phenoxy) is 1. The normalized spacial score (nSPS) is 11.5. The molecule has 0 fully saturated rings. The van der Waals surface area contributed by atoms with Crippen molar-refractivity contribution in [1.82, 2.24) is 0 Å². The van der Waals surface area contributed by atoms with Gasteiger partial charge in [0.05, 0.1) is 0 Å². The van der Waals surface area contributed by atoms with Crippen LogP contribution in [-0.4, -0.2) is 11.8 Å². The van der Waals surface area contributed by atoms with Gasteiger partial charge in [0.1, 0.15) is 17.9 Å². The molecule has 0 aliphatic rings. The van der Waals surface area contributed by atoms with Crippen molar-refractivity contribution in [3.8, 4) is 5.75 Å². The SMILES string of the molecule is C[C@H](C(=O)Nc1ccc(OCc2ccccc2)cc1)[n+]1cccc(C(N)=O)c1. The molecule has 0 bridgehead atoms. The Morgan fingerprint density at radius 2 is 1.75 bits per heavy atom. The van der Waals surface area contributed by atoms with Crippen LogP contribution >= 0.6 is 0 Å². The molecule has 1 heterocycles. The first-order valence-corrected chi connectivity index (χ1v) is 8.91. The van der Waals surface area contributed by atoms with Crippen LogP contribution in [0.5, 0.6) is 5.75 Å². The van der Waals surface area contributed by atoms with Gasteiger partial charge in [0.25, 0.3) is 11.8 Å². The standard InChI is InChI=1S/C22H21N3O3/c1-16(25-13-5-8-18(14-25)21(23)26)22(27)24-19-9-11-20(12-10-19)28-15-17-6-3-2-4-7-17/h2-14,16H,15H2,1H3,(H2-,23,24,26,27)/p+1/t16-/m1/s1. The van der Waals surface area contributed by atoms with Crippen molar-refractivity contribution in [3.05, 3.63) is 90.3 Å². The number of hydrogen-bond acceptors (Lipinski definition) is 3. The molecule has 28 heavy (non-hydrogen) atoms. The number of rotatable bonds is 7. The van der Waals surface area contributed by atoms with E-state index in [1.807, 2.05) is 42.5 Å². The maximum Gasteiger partial charge on any atom is 0.293 e. The van der Waals surface area contributed by atoms with E-state index in [-0.39, 0.29) is 5.91 Å². The zero-order valence-electron chi connectivity index (χ0n) is 15.5. The fourth-order valence-corrected chi connectivity index (χ4v) is 2.64. The Kier molecular flexibility index (Phi) is 6.01. The van der Waals surface area contributed by atoms with Crippen molar-refractivity contribution in [3.63, 3.8) is 0 Å². The van der Waals surface area contributed by atoms with E-state index in [1.165, 1.54) is 0 Å². The maximum atomic E-state index is 12.5. The molecule has 0 saturated carbocycles. The smallest absolute Gasteiger partial charge is 0.293 e. The van der Waals surface area contributed by atoms with Crippen molar-refractivity contribution < 1.29 is 18.9 Å². The van der Waals surface area contributed by atoms with E-state index < -0.39 is 11.9 Å². The topological polar surface area (TPSA) is 85.3 Å². The Hall–Kier alpha value is -3.67. The van der Waals surface area contributed by atoms with Crippen molar-refractivity contribution in [2.24, 2.45) is 5.73 Å². The van der Waals surface area contributed by atoms with Crippen molar-refractivity contribution in [2.45, 2.75) is 19.6 Å². The molecule has 0 unspecified atom stereocenters. The molecular weight excluding hydrogens is 354 g/mol. The lowest BCUT2D eigenvalue weighted by Gasteiger charge is -2.10. The summed E-state index contributed by atoms with van der Waals surface area (Å²) in [5.74, 6) is -0.0175. The van der Waals surface area contributed by atoms with Crippen LogP contribution in [0.15, 0.2) is 79.1 Å². The number of nitrogens with one attached hydrogen (secondary N) is 1. The summed E-state index contributed by atoms with van der Waals surface area (Å²) < 4.78 is 7.39. The van der Waals surface area contributed by atoms with Gasteiger partial charge in [-0.3, -0.25) is 9.59 Å². The second-order valence-electron chi connectivity index (χ2n) is 6.37. The van der Waals surface area contributed by atoms with Gasteiger partial charge in [-0.1, -0.05) is 30.3 Å². The average Bonchev–Trinajstić information content (AvgIpc) is 2.73. The van der Waals surface area contributed by atoms with Gasteiger partial charge in [-0.25, -0.2) is 0 Å². The highest BCUT2D eigenvalue weighted by Gasteiger charge is 2.23. The number of primary amides is 1. The quantitative estimate of drug-likeness (QED) is 0.622. The van der Waals surface area contributed by atoms with E-state index in [0.717, 1.165) is 11.3 Å². The number of amides is 2. The van der Waals surface area contributed by atoms with Gasteiger partial charge in [-0.2, -0.15) is 4.57 Å². The van der Waals surface area contributed by atoms with Crippen molar-refractivity contribution in [1.29, 1.82) is 0 Å². The molecule has 6 nitrogen and oxygen atoms in total. The second kappa shape index (κ2) is 8.81. The van der Waals surface area contributed by atoms with Crippen molar-refractivity contribution >= 4 is 17.5 Å². The summed E-state index contributed by atoms with van der Waals surface area (Å²) in [5, 5.41) is 2.86. The molecule has 1 aromatic heterocycles. The number of nitrogens with two attached hydrogens (primary N) is 1. The summed E-state index contributed by atoms with van der Waals surface area (Å²) >= 11 is 0. The second-order valence-corrected chi connectivity index (χ2v) is 6.37. The Labute approximate surface area is 163 Å². The molecule has 0 radical (unpaired) electrons. The first kappa shape index (κ1) is 19.1. The maximum absolute atomic E-state index is 12.5. The van der Waals surface area contributed by atoms with E-state index in [0.29, 0.717) is 17.9 Å². The Balaban J connectivity index is 1.59. The number of pyridine rings is 1. The van der Waals surface area contributed by atoms with Crippen LogP contribution < -0.4 is 20.4 Å². The molecule has 1 atom stereocenters. The van der Waals surface area contributed by atoms with Gasteiger partial charge < -0.3 is 15.8 Å². The molecule has 3 rings (SSSR count). The number of anilines is 1. The van der Waals surface area contributed by atoms with Gasteiger partial charge in [0, 0.05) is 18.7 Å². The Morgan fingerprint density at radius 1 is 1.04 bits per heavy atom. The number of carbonyl (C=O) groups is 2. The van der Waals surface area contributed by atoms with Crippen LogP contribution in [0.1, 0.15) is 28.9 Å². The van der Waals surface area contributed by atoms with Crippen LogP contribution in [0.25, 0.3) is 0 Å². The Morgan fingerprint density at radius 3 is 2.43 bits per heavy atom. The summed E-state index contributed by atoms with van der Waals surface area (Å²) in [4.78, 5) is 23.8. The van der Waals surface area contributed by atoms with E-state index in [2.05, 4.69) is 5.32 Å². The molecule has 0 spiro atoms. The predicted molar refractivity (Wildman–Crippen MR) is 106 cm³/mol. The lowest BCUT2D eigenvalue weighted by Crippen LogP contribution is -2.44. The summed E-state index contributed by atoms with van der Waals surface area (Å²) in [7, 11) is 0.